The number of carbonyl (C=O) groups is 1. The fourth-order valence-electron chi connectivity index (χ4n) is 6.37. The SMILES string of the molecule is COc1cc(C(=O)O)cc2sc(N3C4CCC3CC(OCc3c(-c5ccccc5OC(F)(F)F)noc3C3CC3)C4)nc12. The average Bonchev–Trinajstić information content (AvgIpc) is 3.48. The molecule has 0 amide bonds. The van der Waals surface area contributed by atoms with Crippen molar-refractivity contribution < 1.29 is 41.8 Å². The Balaban J connectivity index is 1.11. The highest BCUT2D eigenvalue weighted by Crippen LogP contribution is 2.47. The first-order valence-electron chi connectivity index (χ1n) is 14.1. The van der Waals surface area contributed by atoms with E-state index < -0.39 is 12.3 Å². The number of halogens is 3. The zero-order chi connectivity index (χ0) is 29.9. The van der Waals surface area contributed by atoms with Gasteiger partial charge in [0.2, 0.25) is 0 Å². The minimum absolute atomic E-state index is 0.0623. The van der Waals surface area contributed by atoms with Crippen LogP contribution in [-0.4, -0.2) is 52.9 Å². The molecule has 226 valence electrons. The van der Waals surface area contributed by atoms with Crippen LogP contribution in [0.5, 0.6) is 11.5 Å². The molecule has 4 aromatic rings. The summed E-state index contributed by atoms with van der Waals surface area (Å²) in [4.78, 5) is 18.8. The van der Waals surface area contributed by atoms with Crippen molar-refractivity contribution >= 4 is 32.7 Å². The molecule has 2 aromatic heterocycles. The Hall–Kier alpha value is -3.84. The van der Waals surface area contributed by atoms with E-state index in [1.54, 1.807) is 18.2 Å². The van der Waals surface area contributed by atoms with Gasteiger partial charge in [-0.3, -0.25) is 0 Å². The van der Waals surface area contributed by atoms with Crippen molar-refractivity contribution in [3.05, 3.63) is 53.3 Å². The molecule has 2 unspecified atom stereocenters. The van der Waals surface area contributed by atoms with Crippen LogP contribution in [0.2, 0.25) is 0 Å². The third kappa shape index (κ3) is 5.40. The highest BCUT2D eigenvalue weighted by Gasteiger charge is 2.43. The van der Waals surface area contributed by atoms with Gasteiger partial charge in [-0.2, -0.15) is 0 Å². The first-order valence-corrected chi connectivity index (χ1v) is 15.0. The van der Waals surface area contributed by atoms with E-state index in [9.17, 15) is 23.1 Å². The number of benzene rings is 2. The molecule has 43 heavy (non-hydrogen) atoms. The summed E-state index contributed by atoms with van der Waals surface area (Å²) in [7, 11) is 1.50. The van der Waals surface area contributed by atoms with Crippen LogP contribution in [0, 0.1) is 0 Å². The van der Waals surface area contributed by atoms with Crippen LogP contribution < -0.4 is 14.4 Å². The number of fused-ring (bicyclic) bond motifs is 3. The van der Waals surface area contributed by atoms with Crippen LogP contribution in [0.3, 0.4) is 0 Å². The zero-order valence-electron chi connectivity index (χ0n) is 23.1. The number of aromatic carboxylic acids is 1. The van der Waals surface area contributed by atoms with Crippen LogP contribution in [0.15, 0.2) is 40.9 Å². The molecule has 3 fully saturated rings. The highest BCUT2D eigenvalue weighted by molar-refractivity contribution is 7.22. The number of para-hydroxylation sites is 1. The van der Waals surface area contributed by atoms with E-state index in [1.807, 2.05) is 0 Å². The molecule has 1 N–H and O–H groups in total. The number of nitrogens with zero attached hydrogens (tertiary/aromatic N) is 3. The van der Waals surface area contributed by atoms with Crippen LogP contribution in [0.1, 0.15) is 66.1 Å². The summed E-state index contributed by atoms with van der Waals surface area (Å²) < 4.78 is 62.0. The van der Waals surface area contributed by atoms with Crippen LogP contribution in [-0.2, 0) is 11.3 Å². The number of piperidine rings is 1. The first kappa shape index (κ1) is 28.0. The standard InChI is InChI=1S/C30H28F3N3O6S/c1-39-23-10-16(28(37)38)11-24-26(23)34-29(43-24)36-17-8-9-18(36)13-19(12-17)40-14-21-25(35-42-27(21)15-6-7-15)20-4-2-3-5-22(20)41-30(31,32)33/h2-5,10-11,15,17-19H,6-9,12-14H2,1H3,(H,37,38). The second kappa shape index (κ2) is 10.7. The van der Waals surface area contributed by atoms with Gasteiger partial charge in [-0.15, -0.1) is 13.2 Å². The molecule has 2 atom stereocenters. The van der Waals surface area contributed by atoms with Crippen molar-refractivity contribution in [3.63, 3.8) is 0 Å². The van der Waals surface area contributed by atoms with Gasteiger partial charge < -0.3 is 28.7 Å². The molecule has 2 saturated heterocycles. The number of anilines is 1. The molecule has 7 rings (SSSR count). The smallest absolute Gasteiger partial charge is 0.494 e. The van der Waals surface area contributed by atoms with Gasteiger partial charge in [0.05, 0.1) is 30.1 Å². The van der Waals surface area contributed by atoms with Crippen LogP contribution in [0.4, 0.5) is 18.3 Å². The summed E-state index contributed by atoms with van der Waals surface area (Å²) in [5, 5.41) is 14.5. The fraction of sp³-hybridized carbons (Fsp3) is 0.433. The average molecular weight is 616 g/mol. The quantitative estimate of drug-likeness (QED) is 0.210. The monoisotopic (exact) mass is 615 g/mol. The molecular weight excluding hydrogens is 587 g/mol. The van der Waals surface area contributed by atoms with Crippen molar-refractivity contribution in [1.82, 2.24) is 10.1 Å². The Labute approximate surface area is 248 Å². The van der Waals surface area contributed by atoms with E-state index in [0.29, 0.717) is 28.3 Å². The summed E-state index contributed by atoms with van der Waals surface area (Å²) in [5.41, 5.74) is 1.99. The Bertz CT molecular complexity index is 1670. The number of carboxylic acid groups (broad SMARTS) is 1. The lowest BCUT2D eigenvalue weighted by atomic mass is 10.00. The predicted molar refractivity (Wildman–Crippen MR) is 151 cm³/mol. The number of rotatable bonds is 9. The Morgan fingerprint density at radius 3 is 2.53 bits per heavy atom. The van der Waals surface area contributed by atoms with E-state index in [4.69, 9.17) is 19.0 Å². The zero-order valence-corrected chi connectivity index (χ0v) is 23.9. The fourth-order valence-corrected chi connectivity index (χ4v) is 7.53. The van der Waals surface area contributed by atoms with E-state index in [0.717, 1.165) is 48.4 Å². The minimum Gasteiger partial charge on any atom is -0.494 e. The summed E-state index contributed by atoms with van der Waals surface area (Å²) in [5.74, 6) is -0.0691. The number of aromatic nitrogens is 2. The van der Waals surface area contributed by atoms with Gasteiger partial charge in [0, 0.05) is 29.1 Å². The molecule has 1 aliphatic carbocycles. The van der Waals surface area contributed by atoms with E-state index >= 15 is 0 Å². The van der Waals surface area contributed by atoms with E-state index in [-0.39, 0.29) is 47.6 Å². The maximum Gasteiger partial charge on any atom is 0.573 e. The lowest BCUT2D eigenvalue weighted by Gasteiger charge is -2.38. The molecular formula is C30H28F3N3O6S. The van der Waals surface area contributed by atoms with Crippen LogP contribution >= 0.6 is 11.3 Å². The van der Waals surface area contributed by atoms with Crippen molar-refractivity contribution in [3.8, 4) is 22.8 Å². The van der Waals surface area contributed by atoms with E-state index in [1.165, 1.54) is 36.6 Å². The van der Waals surface area contributed by atoms with Gasteiger partial charge in [0.1, 0.15) is 28.5 Å². The van der Waals surface area contributed by atoms with Crippen molar-refractivity contribution in [2.45, 2.75) is 75.6 Å². The number of ether oxygens (including phenoxy) is 3. The third-order valence-corrected chi connectivity index (χ3v) is 9.44. The maximum atomic E-state index is 13.1. The first-order chi connectivity index (χ1) is 20.7. The lowest BCUT2D eigenvalue weighted by molar-refractivity contribution is -0.274. The van der Waals surface area contributed by atoms with E-state index in [2.05, 4.69) is 14.8 Å². The molecule has 1 saturated carbocycles. The number of hydrogen-bond acceptors (Lipinski definition) is 9. The second-order valence-electron chi connectivity index (χ2n) is 11.2. The Kier molecular flexibility index (Phi) is 6.96. The molecule has 13 heteroatoms. The summed E-state index contributed by atoms with van der Waals surface area (Å²) in [6, 6.07) is 9.45. The van der Waals surface area contributed by atoms with Gasteiger partial charge in [0.15, 0.2) is 5.13 Å². The number of alkyl halides is 3. The Morgan fingerprint density at radius 1 is 1.12 bits per heavy atom. The lowest BCUT2D eigenvalue weighted by Crippen LogP contribution is -2.45. The largest absolute Gasteiger partial charge is 0.573 e. The minimum atomic E-state index is -4.84. The topological polar surface area (TPSA) is 107 Å². The van der Waals surface area contributed by atoms with Gasteiger partial charge in [-0.1, -0.05) is 28.6 Å². The van der Waals surface area contributed by atoms with Crippen molar-refractivity contribution in [2.75, 3.05) is 12.0 Å². The number of carboxylic acids is 1. The summed E-state index contributed by atoms with van der Waals surface area (Å²) in [6.45, 7) is 0.172. The molecule has 3 aliphatic rings. The van der Waals surface area contributed by atoms with Gasteiger partial charge >= 0.3 is 12.3 Å². The maximum absolute atomic E-state index is 13.1. The predicted octanol–water partition coefficient (Wildman–Crippen LogP) is 7.15. The molecule has 2 bridgehead atoms. The second-order valence-corrected chi connectivity index (χ2v) is 12.2. The van der Waals surface area contributed by atoms with Gasteiger partial charge in [0.25, 0.3) is 0 Å². The third-order valence-electron chi connectivity index (χ3n) is 8.42. The number of methoxy groups -OCH3 is 1. The molecule has 2 aromatic carbocycles. The molecule has 4 heterocycles. The van der Waals surface area contributed by atoms with Gasteiger partial charge in [-0.25, -0.2) is 9.78 Å². The van der Waals surface area contributed by atoms with Gasteiger partial charge in [-0.05, 0) is 62.8 Å². The Morgan fingerprint density at radius 2 is 1.86 bits per heavy atom. The molecule has 2 aliphatic heterocycles. The number of thiazole rings is 1. The highest BCUT2D eigenvalue weighted by atomic mass is 32.1. The van der Waals surface area contributed by atoms with Crippen molar-refractivity contribution in [1.29, 1.82) is 0 Å². The number of hydrogen-bond donors (Lipinski definition) is 1. The molecule has 9 nitrogen and oxygen atoms in total. The molecule has 0 spiro atoms. The van der Waals surface area contributed by atoms with Crippen molar-refractivity contribution in [2.24, 2.45) is 0 Å². The normalized spacial score (nSPS) is 21.9. The van der Waals surface area contributed by atoms with Crippen LogP contribution in [0.25, 0.3) is 21.5 Å². The summed E-state index contributed by atoms with van der Waals surface area (Å²) in [6.07, 6.45) is 0.451. The molecule has 0 radical (unpaired) electrons. The summed E-state index contributed by atoms with van der Waals surface area (Å²) >= 11 is 1.46.